The van der Waals surface area contributed by atoms with Gasteiger partial charge in [-0.25, -0.2) is 13.1 Å². The summed E-state index contributed by atoms with van der Waals surface area (Å²) < 4.78 is 34.8. The Morgan fingerprint density at radius 3 is 2.41 bits per heavy atom. The monoisotopic (exact) mass is 336 g/mol. The molecule has 3 nitrogen and oxygen atoms in total. The molecule has 22 heavy (non-hydrogen) atoms. The van der Waals surface area contributed by atoms with Gasteiger partial charge in [0, 0.05) is 12.8 Å². The van der Waals surface area contributed by atoms with E-state index in [0.717, 1.165) is 10.5 Å². The molecule has 0 amide bonds. The quantitative estimate of drug-likeness (QED) is 0.588. The average molecular weight is 337 g/mol. The Morgan fingerprint density at radius 1 is 1.05 bits per heavy atom. The molecule has 0 spiro atoms. The lowest BCUT2D eigenvalue weighted by Crippen LogP contribution is -2.24. The molecule has 0 heterocycles. The Hall–Kier alpha value is -1.30. The van der Waals surface area contributed by atoms with E-state index >= 15 is 0 Å². The van der Waals surface area contributed by atoms with Crippen LogP contribution in [0.5, 0.6) is 0 Å². The molecule has 0 aromatic heterocycles. The first kappa shape index (κ1) is 15.6. The molecule has 2 aromatic carbocycles. The molecule has 0 aliphatic carbocycles. The maximum atomic E-state index is 12.1. The van der Waals surface area contributed by atoms with Gasteiger partial charge >= 0.3 is 0 Å². The van der Waals surface area contributed by atoms with E-state index in [1.807, 2.05) is 37.3 Å². The van der Waals surface area contributed by atoms with Gasteiger partial charge in [0.15, 0.2) is 0 Å². The van der Waals surface area contributed by atoms with Gasteiger partial charge in [-0.2, -0.15) is 0 Å². The van der Waals surface area contributed by atoms with Crippen LogP contribution in [0.1, 0.15) is 19.8 Å². The highest BCUT2D eigenvalue weighted by Crippen LogP contribution is 2.18. The molecule has 118 valence electrons. The number of hydrogen-bond acceptors (Lipinski definition) is 3. The molecule has 0 saturated carbocycles. The molecular formula is C17H21NO2S2. The zero-order valence-corrected chi connectivity index (χ0v) is 14.2. The van der Waals surface area contributed by atoms with Crippen LogP contribution < -0.4 is 4.72 Å². The van der Waals surface area contributed by atoms with Gasteiger partial charge in [-0.05, 0) is 49.8 Å². The van der Waals surface area contributed by atoms with Crippen LogP contribution in [0.3, 0.4) is 0 Å². The SMILES string of the molecule is [2H]C(CCCNS(=O)(=O)c1ccc(C)cc1)Sc1ccccc1. The highest BCUT2D eigenvalue weighted by molar-refractivity contribution is 7.99. The Kier molecular flexibility index (Phi) is 5.93. The zero-order valence-electron chi connectivity index (χ0n) is 13.5. The van der Waals surface area contributed by atoms with Crippen molar-refractivity contribution in [1.82, 2.24) is 4.72 Å². The molecule has 2 aromatic rings. The standard InChI is InChI=1S/C17H21NO2S2/c1-15-9-11-17(12-10-15)22(19,20)18-13-5-6-14-21-16-7-3-2-4-8-16/h2-4,7-12,18H,5-6,13-14H2,1H3/i14D. The summed E-state index contributed by atoms with van der Waals surface area (Å²) in [4.78, 5) is 1.34. The van der Waals surface area contributed by atoms with E-state index in [1.165, 1.54) is 11.8 Å². The number of hydrogen-bond donors (Lipinski definition) is 1. The minimum Gasteiger partial charge on any atom is -0.211 e. The molecule has 1 N–H and O–H groups in total. The molecular weight excluding hydrogens is 314 g/mol. The van der Waals surface area contributed by atoms with Gasteiger partial charge in [-0.1, -0.05) is 35.9 Å². The third kappa shape index (κ3) is 5.48. The van der Waals surface area contributed by atoms with Crippen LogP contribution in [0.2, 0.25) is 0 Å². The molecule has 1 atom stereocenters. The van der Waals surface area contributed by atoms with Crippen LogP contribution in [-0.4, -0.2) is 20.7 Å². The van der Waals surface area contributed by atoms with E-state index in [4.69, 9.17) is 1.37 Å². The van der Waals surface area contributed by atoms with E-state index in [1.54, 1.807) is 24.3 Å². The largest absolute Gasteiger partial charge is 0.240 e. The van der Waals surface area contributed by atoms with Crippen molar-refractivity contribution in [3.8, 4) is 0 Å². The summed E-state index contributed by atoms with van der Waals surface area (Å²) in [6, 6.07) is 16.6. The fourth-order valence-corrected chi connectivity index (χ4v) is 3.71. The lowest BCUT2D eigenvalue weighted by Gasteiger charge is -2.07. The topological polar surface area (TPSA) is 46.2 Å². The minimum absolute atomic E-state index is 0.282. The third-order valence-corrected chi connectivity index (χ3v) is 5.51. The second-order valence-electron chi connectivity index (χ2n) is 4.95. The van der Waals surface area contributed by atoms with E-state index in [-0.39, 0.29) is 10.6 Å². The van der Waals surface area contributed by atoms with Crippen molar-refractivity contribution in [2.24, 2.45) is 0 Å². The number of sulfonamides is 1. The molecule has 1 unspecified atom stereocenters. The first-order chi connectivity index (χ1) is 11.0. The highest BCUT2D eigenvalue weighted by Gasteiger charge is 2.12. The van der Waals surface area contributed by atoms with Crippen molar-refractivity contribution in [2.45, 2.75) is 29.6 Å². The summed E-state index contributed by atoms with van der Waals surface area (Å²) in [6.45, 7) is 2.27. The van der Waals surface area contributed by atoms with Crippen LogP contribution in [0, 0.1) is 6.92 Å². The molecule has 0 fully saturated rings. The molecule has 0 saturated heterocycles. The second kappa shape index (κ2) is 8.36. The zero-order chi connectivity index (χ0) is 16.7. The fraction of sp³-hybridized carbons (Fsp3) is 0.294. The smallest absolute Gasteiger partial charge is 0.211 e. The Labute approximate surface area is 138 Å². The normalized spacial score (nSPS) is 13.6. The van der Waals surface area contributed by atoms with Crippen LogP contribution in [0.4, 0.5) is 0 Å². The van der Waals surface area contributed by atoms with Crippen LogP contribution >= 0.6 is 11.8 Å². The highest BCUT2D eigenvalue weighted by atomic mass is 32.2. The van der Waals surface area contributed by atoms with Crippen LogP contribution in [0.15, 0.2) is 64.4 Å². The van der Waals surface area contributed by atoms with Gasteiger partial charge in [0.25, 0.3) is 0 Å². The predicted molar refractivity (Wildman–Crippen MR) is 92.8 cm³/mol. The van der Waals surface area contributed by atoms with Gasteiger partial charge in [0.1, 0.15) is 0 Å². The number of rotatable bonds is 8. The lowest BCUT2D eigenvalue weighted by atomic mass is 10.2. The maximum absolute atomic E-state index is 12.1. The fourth-order valence-electron chi connectivity index (χ4n) is 1.85. The minimum atomic E-state index is -3.45. The number of thioether (sulfide) groups is 1. The molecule has 0 radical (unpaired) electrons. The summed E-state index contributed by atoms with van der Waals surface area (Å²) >= 11 is 1.49. The Morgan fingerprint density at radius 2 is 1.73 bits per heavy atom. The van der Waals surface area contributed by atoms with Crippen molar-refractivity contribution in [3.05, 3.63) is 60.2 Å². The van der Waals surface area contributed by atoms with Crippen molar-refractivity contribution in [3.63, 3.8) is 0 Å². The van der Waals surface area contributed by atoms with Crippen molar-refractivity contribution in [1.29, 1.82) is 0 Å². The number of nitrogens with one attached hydrogen (secondary N) is 1. The van der Waals surface area contributed by atoms with Gasteiger partial charge in [-0.3, -0.25) is 0 Å². The van der Waals surface area contributed by atoms with Gasteiger partial charge in [-0.15, -0.1) is 11.8 Å². The van der Waals surface area contributed by atoms with Gasteiger partial charge in [0.2, 0.25) is 10.0 Å². The molecule has 0 aliphatic heterocycles. The molecule has 5 heteroatoms. The van der Waals surface area contributed by atoms with E-state index in [2.05, 4.69) is 4.72 Å². The first-order valence-electron chi connectivity index (χ1n) is 7.75. The van der Waals surface area contributed by atoms with Crippen molar-refractivity contribution >= 4 is 21.8 Å². The van der Waals surface area contributed by atoms with E-state index in [9.17, 15) is 8.42 Å². The lowest BCUT2D eigenvalue weighted by molar-refractivity contribution is 0.578. The van der Waals surface area contributed by atoms with E-state index < -0.39 is 10.0 Å². The third-order valence-electron chi connectivity index (χ3n) is 3.08. The summed E-state index contributed by atoms with van der Waals surface area (Å²) in [5, 5.41) is 0. The first-order valence-corrected chi connectivity index (χ1v) is 9.54. The maximum Gasteiger partial charge on any atom is 0.240 e. The van der Waals surface area contributed by atoms with Crippen LogP contribution in [0.25, 0.3) is 0 Å². The Balaban J connectivity index is 1.75. The summed E-state index contributed by atoms with van der Waals surface area (Å²) in [7, 11) is -3.45. The van der Waals surface area contributed by atoms with E-state index in [0.29, 0.717) is 19.4 Å². The number of aryl methyl sites for hydroxylation is 1. The Bertz CT molecular complexity index is 703. The predicted octanol–water partition coefficient (Wildman–Crippen LogP) is 3.85. The van der Waals surface area contributed by atoms with Crippen LogP contribution in [-0.2, 0) is 10.0 Å². The average Bonchev–Trinajstić information content (AvgIpc) is 2.53. The number of benzene rings is 2. The molecule has 2 rings (SSSR count). The molecule has 0 aliphatic rings. The summed E-state index contributed by atoms with van der Waals surface area (Å²) in [5.41, 5.74) is 0.736. The molecule has 0 bridgehead atoms. The van der Waals surface area contributed by atoms with Crippen molar-refractivity contribution < 1.29 is 9.79 Å². The van der Waals surface area contributed by atoms with Gasteiger partial charge < -0.3 is 0 Å². The van der Waals surface area contributed by atoms with Gasteiger partial charge in [0.05, 0.1) is 4.90 Å². The summed E-state index contributed by atoms with van der Waals surface area (Å²) in [6.07, 6.45) is 1.27. The second-order valence-corrected chi connectivity index (χ2v) is 7.76. The van der Waals surface area contributed by atoms with Crippen molar-refractivity contribution in [2.75, 3.05) is 12.3 Å². The summed E-state index contributed by atoms with van der Waals surface area (Å²) in [5.74, 6) is 0.